The standard InChI is InChI=1S/C18H28N2O/c1-2-3-10-18(21)16-20-12-7-11-19(13-14-20)15-17-8-5-4-6-9-17/h2,4-6,8-9,18,21H,1,3,7,10-16H2/t18-/m0/s1. The van der Waals surface area contributed by atoms with E-state index in [9.17, 15) is 5.11 Å². The summed E-state index contributed by atoms with van der Waals surface area (Å²) < 4.78 is 0. The normalized spacial score (nSPS) is 19.1. The summed E-state index contributed by atoms with van der Waals surface area (Å²) in [5.41, 5.74) is 1.39. The van der Waals surface area contributed by atoms with Gasteiger partial charge in [0.25, 0.3) is 0 Å². The molecular weight excluding hydrogens is 260 g/mol. The van der Waals surface area contributed by atoms with Gasteiger partial charge in [0, 0.05) is 26.2 Å². The monoisotopic (exact) mass is 288 g/mol. The highest BCUT2D eigenvalue weighted by Gasteiger charge is 2.17. The van der Waals surface area contributed by atoms with Gasteiger partial charge in [0.05, 0.1) is 6.10 Å². The van der Waals surface area contributed by atoms with Crippen molar-refractivity contribution in [2.45, 2.75) is 31.9 Å². The maximum Gasteiger partial charge on any atom is 0.0670 e. The summed E-state index contributed by atoms with van der Waals surface area (Å²) in [6.45, 7) is 9.93. The third-order valence-corrected chi connectivity index (χ3v) is 4.10. The predicted octanol–water partition coefficient (Wildman–Crippen LogP) is 2.52. The molecule has 1 N–H and O–H groups in total. The first-order valence-electron chi connectivity index (χ1n) is 8.05. The lowest BCUT2D eigenvalue weighted by Gasteiger charge is -2.24. The Hall–Kier alpha value is -1.16. The fraction of sp³-hybridized carbons (Fsp3) is 0.556. The van der Waals surface area contributed by atoms with Gasteiger partial charge in [0.15, 0.2) is 0 Å². The van der Waals surface area contributed by atoms with Crippen LogP contribution in [0.25, 0.3) is 0 Å². The Morgan fingerprint density at radius 1 is 1.10 bits per heavy atom. The minimum atomic E-state index is -0.219. The zero-order valence-electron chi connectivity index (χ0n) is 13.0. The first-order valence-corrected chi connectivity index (χ1v) is 8.05. The lowest BCUT2D eigenvalue weighted by atomic mass is 10.2. The van der Waals surface area contributed by atoms with Gasteiger partial charge < -0.3 is 5.11 Å². The minimum absolute atomic E-state index is 0.219. The van der Waals surface area contributed by atoms with Crippen molar-refractivity contribution in [2.75, 3.05) is 32.7 Å². The Bertz CT molecular complexity index is 407. The molecule has 2 rings (SSSR count). The molecule has 1 aromatic rings. The number of hydrogen-bond donors (Lipinski definition) is 1. The second-order valence-electron chi connectivity index (χ2n) is 5.94. The molecule has 3 nitrogen and oxygen atoms in total. The van der Waals surface area contributed by atoms with E-state index in [1.165, 1.54) is 12.0 Å². The Morgan fingerprint density at radius 2 is 1.81 bits per heavy atom. The molecule has 3 heteroatoms. The average molecular weight is 288 g/mol. The lowest BCUT2D eigenvalue weighted by molar-refractivity contribution is 0.107. The van der Waals surface area contributed by atoms with Crippen LogP contribution >= 0.6 is 0 Å². The van der Waals surface area contributed by atoms with Crippen LogP contribution < -0.4 is 0 Å². The third kappa shape index (κ3) is 6.00. The van der Waals surface area contributed by atoms with E-state index in [0.29, 0.717) is 0 Å². The van der Waals surface area contributed by atoms with Crippen LogP contribution in [0, 0.1) is 0 Å². The summed E-state index contributed by atoms with van der Waals surface area (Å²) >= 11 is 0. The van der Waals surface area contributed by atoms with Crippen molar-refractivity contribution < 1.29 is 5.11 Å². The van der Waals surface area contributed by atoms with Gasteiger partial charge in [-0.25, -0.2) is 0 Å². The largest absolute Gasteiger partial charge is 0.392 e. The highest BCUT2D eigenvalue weighted by molar-refractivity contribution is 5.14. The van der Waals surface area contributed by atoms with E-state index in [1.54, 1.807) is 0 Å². The molecule has 0 spiro atoms. The van der Waals surface area contributed by atoms with E-state index in [1.807, 2.05) is 6.08 Å². The number of β-amino-alcohol motifs (C(OH)–C–C–N with tert-alkyl or cyclic N) is 1. The zero-order valence-corrected chi connectivity index (χ0v) is 13.0. The summed E-state index contributed by atoms with van der Waals surface area (Å²) in [6.07, 6.45) is 4.57. The Labute approximate surface area is 128 Å². The van der Waals surface area contributed by atoms with Crippen molar-refractivity contribution in [3.8, 4) is 0 Å². The molecule has 21 heavy (non-hydrogen) atoms. The van der Waals surface area contributed by atoms with Gasteiger partial charge in [-0.05, 0) is 37.9 Å². The van der Waals surface area contributed by atoms with Gasteiger partial charge in [-0.1, -0.05) is 36.4 Å². The van der Waals surface area contributed by atoms with Crippen LogP contribution in [0.15, 0.2) is 43.0 Å². The Morgan fingerprint density at radius 3 is 2.57 bits per heavy atom. The number of hydrogen-bond acceptors (Lipinski definition) is 3. The number of aliphatic hydroxyl groups is 1. The van der Waals surface area contributed by atoms with Crippen LogP contribution in [-0.4, -0.2) is 53.7 Å². The number of rotatable bonds is 7. The number of allylic oxidation sites excluding steroid dienone is 1. The summed E-state index contributed by atoms with van der Waals surface area (Å²) in [6, 6.07) is 10.7. The Kier molecular flexibility index (Phi) is 6.93. The second-order valence-corrected chi connectivity index (χ2v) is 5.94. The summed E-state index contributed by atoms with van der Waals surface area (Å²) in [5, 5.41) is 10.0. The molecule has 1 aliphatic heterocycles. The topological polar surface area (TPSA) is 26.7 Å². The molecule has 1 fully saturated rings. The van der Waals surface area contributed by atoms with Gasteiger partial charge in [-0.15, -0.1) is 6.58 Å². The van der Waals surface area contributed by atoms with Crippen LogP contribution in [0.3, 0.4) is 0 Å². The molecule has 0 saturated carbocycles. The SMILES string of the molecule is C=CCC[C@H](O)CN1CCCN(Cc2ccccc2)CC1. The number of aliphatic hydroxyl groups excluding tert-OH is 1. The lowest BCUT2D eigenvalue weighted by Crippen LogP contribution is -2.35. The molecule has 1 atom stereocenters. The quantitative estimate of drug-likeness (QED) is 0.781. The van der Waals surface area contributed by atoms with Crippen molar-refractivity contribution in [3.05, 3.63) is 48.6 Å². The van der Waals surface area contributed by atoms with E-state index in [0.717, 1.165) is 52.1 Å². The Balaban J connectivity index is 1.75. The van der Waals surface area contributed by atoms with Gasteiger partial charge in [-0.3, -0.25) is 9.80 Å². The summed E-state index contributed by atoms with van der Waals surface area (Å²) in [7, 11) is 0. The first kappa shape index (κ1) is 16.2. The minimum Gasteiger partial charge on any atom is -0.392 e. The fourth-order valence-corrected chi connectivity index (χ4v) is 2.91. The van der Waals surface area contributed by atoms with Gasteiger partial charge in [-0.2, -0.15) is 0 Å². The molecule has 1 aromatic carbocycles. The van der Waals surface area contributed by atoms with Crippen LogP contribution in [0.4, 0.5) is 0 Å². The van der Waals surface area contributed by atoms with E-state index >= 15 is 0 Å². The van der Waals surface area contributed by atoms with Crippen molar-refractivity contribution in [2.24, 2.45) is 0 Å². The van der Waals surface area contributed by atoms with E-state index < -0.39 is 0 Å². The van der Waals surface area contributed by atoms with Crippen molar-refractivity contribution in [3.63, 3.8) is 0 Å². The highest BCUT2D eigenvalue weighted by Crippen LogP contribution is 2.10. The molecular formula is C18H28N2O. The van der Waals surface area contributed by atoms with E-state index in [4.69, 9.17) is 0 Å². The van der Waals surface area contributed by atoms with Gasteiger partial charge in [0.2, 0.25) is 0 Å². The molecule has 0 unspecified atom stereocenters. The zero-order chi connectivity index (χ0) is 14.9. The summed E-state index contributed by atoms with van der Waals surface area (Å²) in [4.78, 5) is 4.92. The smallest absolute Gasteiger partial charge is 0.0670 e. The van der Waals surface area contributed by atoms with Crippen LogP contribution in [0.5, 0.6) is 0 Å². The second kappa shape index (κ2) is 8.98. The predicted molar refractivity (Wildman–Crippen MR) is 88.2 cm³/mol. The van der Waals surface area contributed by atoms with Crippen LogP contribution in [-0.2, 0) is 6.54 Å². The van der Waals surface area contributed by atoms with Crippen molar-refractivity contribution in [1.82, 2.24) is 9.80 Å². The van der Waals surface area contributed by atoms with Gasteiger partial charge >= 0.3 is 0 Å². The molecule has 0 aromatic heterocycles. The highest BCUT2D eigenvalue weighted by atomic mass is 16.3. The first-order chi connectivity index (χ1) is 10.3. The molecule has 1 aliphatic rings. The van der Waals surface area contributed by atoms with E-state index in [-0.39, 0.29) is 6.10 Å². The van der Waals surface area contributed by atoms with E-state index in [2.05, 4.69) is 46.7 Å². The molecule has 0 radical (unpaired) electrons. The van der Waals surface area contributed by atoms with Crippen molar-refractivity contribution >= 4 is 0 Å². The van der Waals surface area contributed by atoms with Crippen LogP contribution in [0.2, 0.25) is 0 Å². The molecule has 1 saturated heterocycles. The van der Waals surface area contributed by atoms with Crippen LogP contribution in [0.1, 0.15) is 24.8 Å². The van der Waals surface area contributed by atoms with Crippen molar-refractivity contribution in [1.29, 1.82) is 0 Å². The maximum atomic E-state index is 10.0. The van der Waals surface area contributed by atoms with Gasteiger partial charge in [0.1, 0.15) is 0 Å². The number of nitrogens with zero attached hydrogens (tertiary/aromatic N) is 2. The molecule has 1 heterocycles. The maximum absolute atomic E-state index is 10.0. The molecule has 0 aliphatic carbocycles. The molecule has 116 valence electrons. The fourth-order valence-electron chi connectivity index (χ4n) is 2.91. The molecule has 0 amide bonds. The molecule has 0 bridgehead atoms. The number of benzene rings is 1. The summed E-state index contributed by atoms with van der Waals surface area (Å²) in [5.74, 6) is 0. The average Bonchev–Trinajstić information content (AvgIpc) is 2.72. The third-order valence-electron chi connectivity index (χ3n) is 4.10.